The summed E-state index contributed by atoms with van der Waals surface area (Å²) >= 11 is 0. The first kappa shape index (κ1) is 29.8. The molecule has 2 N–H and O–H groups in total. The zero-order valence-corrected chi connectivity index (χ0v) is 25.5. The number of nitrogens with zero attached hydrogens (tertiary/aromatic N) is 5. The number of aromatic nitrogens is 3. The van der Waals surface area contributed by atoms with Crippen molar-refractivity contribution >= 4 is 45.4 Å². The van der Waals surface area contributed by atoms with Gasteiger partial charge in [-0.05, 0) is 44.3 Å². The fourth-order valence-corrected chi connectivity index (χ4v) is 5.21. The second-order valence-corrected chi connectivity index (χ2v) is 10.8. The van der Waals surface area contributed by atoms with Gasteiger partial charge in [0, 0.05) is 67.7 Å². The number of hydrogen-bond acceptors (Lipinski definition) is 8. The fraction of sp³-hybridized carbons (Fsp3) is 0.303. The SMILES string of the molecule is C=CC(=O)Nc1cc(Nc2ncc(C3=CCOCC3)c(-c3cn(C)c4ccccc34)n2)c(OC)cc1N(C)CCN(C)C. The van der Waals surface area contributed by atoms with Crippen molar-refractivity contribution in [2.24, 2.45) is 7.05 Å². The zero-order chi connectivity index (χ0) is 30.5. The normalized spacial score (nSPS) is 13.1. The molecule has 3 heterocycles. The van der Waals surface area contributed by atoms with Crippen LogP contribution in [0.4, 0.5) is 23.0 Å². The highest BCUT2D eigenvalue weighted by molar-refractivity contribution is 6.02. The highest BCUT2D eigenvalue weighted by atomic mass is 16.5. The predicted molar refractivity (Wildman–Crippen MR) is 174 cm³/mol. The van der Waals surface area contributed by atoms with Crippen molar-refractivity contribution < 1.29 is 14.3 Å². The number of carbonyl (C=O) groups is 1. The summed E-state index contributed by atoms with van der Waals surface area (Å²) in [4.78, 5) is 26.4. The van der Waals surface area contributed by atoms with Gasteiger partial charge in [-0.15, -0.1) is 0 Å². The number of likely N-dealkylation sites (N-methyl/N-ethyl adjacent to an activating group) is 2. The van der Waals surface area contributed by atoms with E-state index in [4.69, 9.17) is 19.4 Å². The van der Waals surface area contributed by atoms with Crippen LogP contribution in [0.1, 0.15) is 12.0 Å². The Bertz CT molecular complexity index is 1670. The van der Waals surface area contributed by atoms with E-state index in [1.807, 2.05) is 58.7 Å². The minimum atomic E-state index is -0.304. The molecule has 43 heavy (non-hydrogen) atoms. The van der Waals surface area contributed by atoms with Crippen molar-refractivity contribution in [3.63, 3.8) is 0 Å². The maximum atomic E-state index is 12.4. The molecule has 5 rings (SSSR count). The number of methoxy groups -OCH3 is 1. The monoisotopic (exact) mass is 581 g/mol. The fourth-order valence-electron chi connectivity index (χ4n) is 5.21. The molecule has 0 radical (unpaired) electrons. The van der Waals surface area contributed by atoms with E-state index in [0.717, 1.165) is 58.5 Å². The van der Waals surface area contributed by atoms with Crippen LogP contribution in [-0.4, -0.2) is 79.9 Å². The van der Waals surface area contributed by atoms with Gasteiger partial charge >= 0.3 is 0 Å². The van der Waals surface area contributed by atoms with Gasteiger partial charge in [-0.2, -0.15) is 0 Å². The average molecular weight is 582 g/mol. The summed E-state index contributed by atoms with van der Waals surface area (Å²) < 4.78 is 13.5. The number of fused-ring (bicyclic) bond motifs is 1. The summed E-state index contributed by atoms with van der Waals surface area (Å²) in [5.74, 6) is 0.698. The number of carbonyl (C=O) groups excluding carboxylic acids is 1. The minimum absolute atomic E-state index is 0.304. The van der Waals surface area contributed by atoms with Crippen LogP contribution in [0.15, 0.2) is 67.5 Å². The van der Waals surface area contributed by atoms with E-state index in [1.165, 1.54) is 6.08 Å². The van der Waals surface area contributed by atoms with E-state index < -0.39 is 0 Å². The maximum absolute atomic E-state index is 12.4. The molecule has 0 saturated carbocycles. The van der Waals surface area contributed by atoms with Crippen LogP contribution < -0.4 is 20.3 Å². The van der Waals surface area contributed by atoms with Crippen molar-refractivity contribution in [2.75, 3.05) is 70.1 Å². The van der Waals surface area contributed by atoms with E-state index in [-0.39, 0.29) is 5.91 Å². The quantitative estimate of drug-likeness (QED) is 0.230. The van der Waals surface area contributed by atoms with Crippen LogP contribution in [0.2, 0.25) is 0 Å². The Morgan fingerprint density at radius 2 is 1.98 bits per heavy atom. The Morgan fingerprint density at radius 3 is 2.70 bits per heavy atom. The largest absolute Gasteiger partial charge is 0.494 e. The third-order valence-electron chi connectivity index (χ3n) is 7.55. The molecule has 2 aromatic heterocycles. The summed E-state index contributed by atoms with van der Waals surface area (Å²) in [7, 11) is 9.70. The number of nitrogens with one attached hydrogen (secondary N) is 2. The van der Waals surface area contributed by atoms with Gasteiger partial charge in [0.05, 0.1) is 43.1 Å². The molecule has 0 spiro atoms. The Labute approximate surface area is 252 Å². The molecule has 0 unspecified atom stereocenters. The van der Waals surface area contributed by atoms with E-state index >= 15 is 0 Å². The Hall–Kier alpha value is -4.67. The van der Waals surface area contributed by atoms with Crippen LogP contribution in [-0.2, 0) is 16.6 Å². The van der Waals surface area contributed by atoms with Crippen molar-refractivity contribution in [2.45, 2.75) is 6.42 Å². The van der Waals surface area contributed by atoms with Gasteiger partial charge in [-0.3, -0.25) is 4.79 Å². The lowest BCUT2D eigenvalue weighted by molar-refractivity contribution is -0.111. The van der Waals surface area contributed by atoms with Gasteiger partial charge in [-0.1, -0.05) is 30.9 Å². The van der Waals surface area contributed by atoms with Gasteiger partial charge < -0.3 is 34.5 Å². The predicted octanol–water partition coefficient (Wildman–Crippen LogP) is 5.31. The van der Waals surface area contributed by atoms with Crippen LogP contribution in [0.5, 0.6) is 5.75 Å². The standard InChI is InChI=1S/C33H39N7O3/c1-7-31(41)35-26-18-27(30(42-6)19-29(26)39(4)15-14-38(2)3)36-33-34-20-24(22-12-16-43-17-13-22)32(37-33)25-21-40(5)28-11-9-8-10-23(25)28/h7-12,18-21H,1,13-17H2,2-6H3,(H,35,41)(H,34,36,37). The van der Waals surface area contributed by atoms with Gasteiger partial charge in [-0.25, -0.2) is 9.97 Å². The van der Waals surface area contributed by atoms with Crippen molar-refractivity contribution in [3.05, 3.63) is 73.1 Å². The van der Waals surface area contributed by atoms with E-state index in [1.54, 1.807) is 7.11 Å². The topological polar surface area (TPSA) is 96.8 Å². The number of anilines is 4. The molecule has 2 aromatic carbocycles. The molecule has 1 aliphatic rings. The molecular weight excluding hydrogens is 542 g/mol. The molecule has 1 aliphatic heterocycles. The van der Waals surface area contributed by atoms with Gasteiger partial charge in [0.15, 0.2) is 0 Å². The second-order valence-electron chi connectivity index (χ2n) is 10.8. The maximum Gasteiger partial charge on any atom is 0.247 e. The summed E-state index contributed by atoms with van der Waals surface area (Å²) in [6.07, 6.45) is 8.13. The van der Waals surface area contributed by atoms with Crippen LogP contribution in [0.25, 0.3) is 27.7 Å². The highest BCUT2D eigenvalue weighted by Gasteiger charge is 2.21. The first-order valence-electron chi connectivity index (χ1n) is 14.3. The first-order chi connectivity index (χ1) is 20.8. The first-order valence-corrected chi connectivity index (χ1v) is 14.3. The lowest BCUT2D eigenvalue weighted by atomic mass is 9.97. The Kier molecular flexibility index (Phi) is 9.08. The number of aryl methyl sites for hydroxylation is 1. The van der Waals surface area contributed by atoms with Crippen molar-refractivity contribution in [1.82, 2.24) is 19.4 Å². The molecule has 0 atom stereocenters. The number of para-hydroxylation sites is 1. The molecule has 224 valence electrons. The summed E-state index contributed by atoms with van der Waals surface area (Å²) in [6.45, 7) is 6.43. The molecule has 10 nitrogen and oxygen atoms in total. The van der Waals surface area contributed by atoms with Crippen molar-refractivity contribution in [3.8, 4) is 17.0 Å². The number of ether oxygens (including phenoxy) is 2. The van der Waals surface area contributed by atoms with Gasteiger partial charge in [0.25, 0.3) is 0 Å². The van der Waals surface area contributed by atoms with Gasteiger partial charge in [0.2, 0.25) is 11.9 Å². The molecule has 4 aromatic rings. The Morgan fingerprint density at radius 1 is 1.16 bits per heavy atom. The minimum Gasteiger partial charge on any atom is -0.494 e. The van der Waals surface area contributed by atoms with Crippen LogP contribution in [0.3, 0.4) is 0 Å². The van der Waals surface area contributed by atoms with Gasteiger partial charge in [0.1, 0.15) is 5.75 Å². The molecule has 0 bridgehead atoms. The molecule has 0 aliphatic carbocycles. The molecule has 0 saturated heterocycles. The average Bonchev–Trinajstić information content (AvgIpc) is 3.36. The third-order valence-corrected chi connectivity index (χ3v) is 7.55. The molecule has 1 amide bonds. The van der Waals surface area contributed by atoms with E-state index in [2.05, 4.69) is 56.0 Å². The lowest BCUT2D eigenvalue weighted by Crippen LogP contribution is -2.29. The molecule has 10 heteroatoms. The number of amides is 1. The highest BCUT2D eigenvalue weighted by Crippen LogP contribution is 2.39. The summed E-state index contributed by atoms with van der Waals surface area (Å²) in [5.41, 5.74) is 7.18. The number of rotatable bonds is 11. The second kappa shape index (κ2) is 13.1. The van der Waals surface area contributed by atoms with E-state index in [9.17, 15) is 4.79 Å². The molecule has 0 fully saturated rings. The lowest BCUT2D eigenvalue weighted by Gasteiger charge is -2.26. The summed E-state index contributed by atoms with van der Waals surface area (Å²) in [6, 6.07) is 12.1. The van der Waals surface area contributed by atoms with E-state index in [0.29, 0.717) is 36.3 Å². The van der Waals surface area contributed by atoms with Crippen LogP contribution in [0, 0.1) is 0 Å². The Balaban J connectivity index is 1.59. The zero-order valence-electron chi connectivity index (χ0n) is 25.5. The number of benzene rings is 2. The van der Waals surface area contributed by atoms with Crippen LogP contribution >= 0.6 is 0 Å². The smallest absolute Gasteiger partial charge is 0.247 e. The summed E-state index contributed by atoms with van der Waals surface area (Å²) in [5, 5.41) is 7.42. The third kappa shape index (κ3) is 6.55. The molecular formula is C33H39N7O3. The number of hydrogen-bond donors (Lipinski definition) is 2. The van der Waals surface area contributed by atoms with Crippen molar-refractivity contribution in [1.29, 1.82) is 0 Å².